The highest BCUT2D eigenvalue weighted by Gasteiger charge is 2.19. The summed E-state index contributed by atoms with van der Waals surface area (Å²) < 4.78 is 9.92. The van der Waals surface area contributed by atoms with E-state index in [0.29, 0.717) is 6.54 Å². The fourth-order valence-electron chi connectivity index (χ4n) is 1.67. The van der Waals surface area contributed by atoms with Crippen molar-refractivity contribution in [2.75, 3.05) is 20.3 Å². The van der Waals surface area contributed by atoms with Crippen molar-refractivity contribution in [3.63, 3.8) is 0 Å². The molecule has 1 amide bonds. The Balaban J connectivity index is 2.17. The average Bonchev–Trinajstić information content (AvgIpc) is 2.78. The molecular weight excluding hydrogens is 210 g/mol. The molecule has 1 aliphatic heterocycles. The third kappa shape index (κ3) is 4.18. The predicted molar refractivity (Wildman–Crippen MR) is 57.8 cm³/mol. The minimum absolute atomic E-state index is 0.131. The summed E-state index contributed by atoms with van der Waals surface area (Å²) in [5, 5.41) is 2.76. The number of nitrogens with one attached hydrogen (secondary N) is 1. The Kier molecular flexibility index (Phi) is 5.25. The monoisotopic (exact) mass is 229 g/mol. The highest BCUT2D eigenvalue weighted by Crippen LogP contribution is 2.11. The molecule has 1 heterocycles. The van der Waals surface area contributed by atoms with Crippen molar-refractivity contribution in [2.24, 2.45) is 5.92 Å². The van der Waals surface area contributed by atoms with Crippen molar-refractivity contribution in [3.05, 3.63) is 0 Å². The zero-order chi connectivity index (χ0) is 12.0. The summed E-state index contributed by atoms with van der Waals surface area (Å²) in [4.78, 5) is 22.5. The van der Waals surface area contributed by atoms with Crippen molar-refractivity contribution < 1.29 is 19.1 Å². The first kappa shape index (κ1) is 13.0. The van der Waals surface area contributed by atoms with Gasteiger partial charge in [-0.25, -0.2) is 0 Å². The molecule has 2 atom stereocenters. The summed E-state index contributed by atoms with van der Waals surface area (Å²) >= 11 is 0. The maximum absolute atomic E-state index is 11.5. The Morgan fingerprint density at radius 1 is 1.56 bits per heavy atom. The number of hydrogen-bond acceptors (Lipinski definition) is 4. The Morgan fingerprint density at radius 2 is 2.31 bits per heavy atom. The molecule has 5 heteroatoms. The summed E-state index contributed by atoms with van der Waals surface area (Å²) in [7, 11) is 1.32. The lowest BCUT2D eigenvalue weighted by Crippen LogP contribution is -2.33. The highest BCUT2D eigenvalue weighted by atomic mass is 16.5. The van der Waals surface area contributed by atoms with Crippen LogP contribution in [0.15, 0.2) is 0 Å². The van der Waals surface area contributed by atoms with Crippen LogP contribution in [-0.2, 0) is 19.1 Å². The number of hydrogen-bond donors (Lipinski definition) is 1. The summed E-state index contributed by atoms with van der Waals surface area (Å²) in [5.74, 6) is -0.879. The number of rotatable bonds is 5. The molecule has 1 N–H and O–H groups in total. The molecule has 1 rings (SSSR count). The van der Waals surface area contributed by atoms with Gasteiger partial charge in [0.05, 0.1) is 19.1 Å². The third-order valence-corrected chi connectivity index (χ3v) is 2.65. The first-order valence-electron chi connectivity index (χ1n) is 5.59. The van der Waals surface area contributed by atoms with Gasteiger partial charge >= 0.3 is 5.97 Å². The first-order chi connectivity index (χ1) is 7.63. The van der Waals surface area contributed by atoms with Crippen LogP contribution in [0.5, 0.6) is 0 Å². The van der Waals surface area contributed by atoms with Gasteiger partial charge in [0, 0.05) is 19.6 Å². The maximum Gasteiger partial charge on any atom is 0.308 e. The molecule has 1 saturated heterocycles. The lowest BCUT2D eigenvalue weighted by Gasteiger charge is -2.12. The van der Waals surface area contributed by atoms with Crippen LogP contribution in [0.2, 0.25) is 0 Å². The summed E-state index contributed by atoms with van der Waals surface area (Å²) in [6, 6.07) is 0. The van der Waals surface area contributed by atoms with Gasteiger partial charge < -0.3 is 14.8 Å². The summed E-state index contributed by atoms with van der Waals surface area (Å²) in [5.41, 5.74) is 0. The molecule has 0 aliphatic carbocycles. The van der Waals surface area contributed by atoms with Crippen LogP contribution in [0.3, 0.4) is 0 Å². The van der Waals surface area contributed by atoms with Gasteiger partial charge in [0.1, 0.15) is 0 Å². The fraction of sp³-hybridized carbons (Fsp3) is 0.818. The number of carbonyl (C=O) groups is 2. The van der Waals surface area contributed by atoms with E-state index in [-0.39, 0.29) is 24.4 Å². The molecule has 16 heavy (non-hydrogen) atoms. The highest BCUT2D eigenvalue weighted by molar-refractivity contribution is 5.82. The molecule has 0 bridgehead atoms. The normalized spacial score (nSPS) is 21.5. The van der Waals surface area contributed by atoms with Crippen molar-refractivity contribution in [2.45, 2.75) is 32.3 Å². The van der Waals surface area contributed by atoms with Crippen molar-refractivity contribution in [1.82, 2.24) is 5.32 Å². The molecule has 0 aromatic carbocycles. The molecule has 1 fully saturated rings. The van der Waals surface area contributed by atoms with Crippen LogP contribution in [0.4, 0.5) is 0 Å². The largest absolute Gasteiger partial charge is 0.469 e. The van der Waals surface area contributed by atoms with Crippen LogP contribution in [-0.4, -0.2) is 38.2 Å². The van der Waals surface area contributed by atoms with Gasteiger partial charge in [-0.2, -0.15) is 0 Å². The van der Waals surface area contributed by atoms with Gasteiger partial charge in [-0.05, 0) is 12.8 Å². The second-order valence-electron chi connectivity index (χ2n) is 4.07. The smallest absolute Gasteiger partial charge is 0.308 e. The molecule has 0 aromatic rings. The van der Waals surface area contributed by atoms with E-state index >= 15 is 0 Å². The van der Waals surface area contributed by atoms with Crippen molar-refractivity contribution in [1.29, 1.82) is 0 Å². The van der Waals surface area contributed by atoms with Crippen molar-refractivity contribution in [3.8, 4) is 0 Å². The zero-order valence-electron chi connectivity index (χ0n) is 9.82. The minimum atomic E-state index is -0.394. The second-order valence-corrected chi connectivity index (χ2v) is 4.07. The summed E-state index contributed by atoms with van der Waals surface area (Å²) in [6.07, 6.45) is 2.35. The Morgan fingerprint density at radius 3 is 2.88 bits per heavy atom. The fourth-order valence-corrected chi connectivity index (χ4v) is 1.67. The van der Waals surface area contributed by atoms with Gasteiger partial charge in [-0.1, -0.05) is 6.92 Å². The summed E-state index contributed by atoms with van der Waals surface area (Å²) in [6.45, 7) is 2.99. The van der Waals surface area contributed by atoms with Crippen LogP contribution < -0.4 is 5.32 Å². The molecule has 0 saturated carbocycles. The average molecular weight is 229 g/mol. The lowest BCUT2D eigenvalue weighted by molar-refractivity contribution is -0.146. The molecular formula is C11H19NO4. The topological polar surface area (TPSA) is 64.6 Å². The molecule has 0 aromatic heterocycles. The van der Waals surface area contributed by atoms with Gasteiger partial charge in [0.2, 0.25) is 5.91 Å². The second kappa shape index (κ2) is 6.48. The Bertz CT molecular complexity index is 248. The Labute approximate surface area is 95.5 Å². The predicted octanol–water partition coefficient (Wildman–Crippen LogP) is 0.481. The third-order valence-electron chi connectivity index (χ3n) is 2.65. The molecule has 5 nitrogen and oxygen atoms in total. The number of esters is 1. The molecule has 1 aliphatic rings. The van der Waals surface area contributed by atoms with Crippen LogP contribution >= 0.6 is 0 Å². The van der Waals surface area contributed by atoms with E-state index in [1.165, 1.54) is 7.11 Å². The van der Waals surface area contributed by atoms with Gasteiger partial charge in [-0.3, -0.25) is 9.59 Å². The lowest BCUT2D eigenvalue weighted by atomic mass is 10.1. The van der Waals surface area contributed by atoms with Gasteiger partial charge in [0.25, 0.3) is 0 Å². The molecule has 0 radical (unpaired) electrons. The first-order valence-corrected chi connectivity index (χ1v) is 5.59. The minimum Gasteiger partial charge on any atom is -0.469 e. The van der Waals surface area contributed by atoms with E-state index in [1.54, 1.807) is 6.92 Å². The van der Waals surface area contributed by atoms with E-state index in [4.69, 9.17) is 4.74 Å². The maximum atomic E-state index is 11.5. The van der Waals surface area contributed by atoms with E-state index in [9.17, 15) is 9.59 Å². The van der Waals surface area contributed by atoms with E-state index in [2.05, 4.69) is 10.1 Å². The van der Waals surface area contributed by atoms with E-state index in [1.807, 2.05) is 0 Å². The quantitative estimate of drug-likeness (QED) is 0.696. The standard InChI is InChI=1S/C11H19NO4/c1-8(11(14)15-2)6-10(13)12-7-9-4-3-5-16-9/h8-9H,3-7H2,1-2H3,(H,12,13)/t8-,9-/m1/s1. The SMILES string of the molecule is COC(=O)[C@H](C)CC(=O)NC[C@H]1CCCO1. The van der Waals surface area contributed by atoms with Crippen LogP contribution in [0.25, 0.3) is 0 Å². The van der Waals surface area contributed by atoms with Crippen molar-refractivity contribution >= 4 is 11.9 Å². The van der Waals surface area contributed by atoms with E-state index in [0.717, 1.165) is 19.4 Å². The molecule has 0 spiro atoms. The number of methoxy groups -OCH3 is 1. The van der Waals surface area contributed by atoms with Crippen LogP contribution in [0.1, 0.15) is 26.2 Å². The Hall–Kier alpha value is -1.10. The van der Waals surface area contributed by atoms with Crippen LogP contribution in [0, 0.1) is 5.92 Å². The van der Waals surface area contributed by atoms with E-state index < -0.39 is 5.92 Å². The van der Waals surface area contributed by atoms with Gasteiger partial charge in [0.15, 0.2) is 0 Å². The number of ether oxygens (including phenoxy) is 2. The number of amides is 1. The number of carbonyl (C=O) groups excluding carboxylic acids is 2. The molecule has 0 unspecified atom stereocenters. The zero-order valence-corrected chi connectivity index (χ0v) is 9.82. The van der Waals surface area contributed by atoms with Gasteiger partial charge in [-0.15, -0.1) is 0 Å². The molecule has 92 valence electrons.